The molecule has 23 heavy (non-hydrogen) atoms. The van der Waals surface area contributed by atoms with Crippen LogP contribution >= 0.6 is 0 Å². The van der Waals surface area contributed by atoms with Gasteiger partial charge in [0.25, 0.3) is 5.69 Å². The van der Waals surface area contributed by atoms with Crippen LogP contribution in [0.2, 0.25) is 0 Å². The second-order valence-corrected chi connectivity index (χ2v) is 5.08. The van der Waals surface area contributed by atoms with Crippen LogP contribution in [0.4, 0.5) is 17.1 Å². The molecule has 6 heteroatoms. The number of phenols is 1. The van der Waals surface area contributed by atoms with E-state index in [2.05, 4.69) is 10.2 Å². The molecule has 0 fully saturated rings. The quantitative estimate of drug-likeness (QED) is 0.411. The number of azo groups is 1. The van der Waals surface area contributed by atoms with Crippen LogP contribution in [-0.2, 0) is 0 Å². The lowest BCUT2D eigenvalue weighted by atomic mass is 10.1. The predicted octanol–water partition coefficient (Wildman–Crippen LogP) is 5.18. The molecular formula is C17H13N3O3. The molecule has 0 aromatic heterocycles. The van der Waals surface area contributed by atoms with Gasteiger partial charge in [0.2, 0.25) is 0 Å². The summed E-state index contributed by atoms with van der Waals surface area (Å²) in [6.07, 6.45) is 0. The Labute approximate surface area is 131 Å². The van der Waals surface area contributed by atoms with Gasteiger partial charge in [0.15, 0.2) is 0 Å². The molecule has 0 aliphatic heterocycles. The molecule has 0 saturated heterocycles. The van der Waals surface area contributed by atoms with Crippen molar-refractivity contribution in [3.8, 4) is 5.75 Å². The molecule has 114 valence electrons. The number of aromatic hydroxyl groups is 1. The van der Waals surface area contributed by atoms with Crippen LogP contribution in [0.3, 0.4) is 0 Å². The summed E-state index contributed by atoms with van der Waals surface area (Å²) in [6, 6.07) is 15.4. The Kier molecular flexibility index (Phi) is 3.72. The van der Waals surface area contributed by atoms with Crippen molar-refractivity contribution < 1.29 is 10.0 Å². The zero-order chi connectivity index (χ0) is 16.4. The molecule has 0 unspecified atom stereocenters. The van der Waals surface area contributed by atoms with Crippen LogP contribution in [-0.4, -0.2) is 10.0 Å². The molecule has 0 aliphatic rings. The minimum atomic E-state index is -0.438. The third-order valence-corrected chi connectivity index (χ3v) is 3.52. The molecule has 0 atom stereocenters. The van der Waals surface area contributed by atoms with Crippen LogP contribution in [0.25, 0.3) is 10.8 Å². The van der Waals surface area contributed by atoms with Crippen LogP contribution in [0, 0.1) is 17.0 Å². The molecule has 0 amide bonds. The molecule has 3 aromatic rings. The fourth-order valence-corrected chi connectivity index (χ4v) is 2.36. The maximum atomic E-state index is 10.8. The molecule has 3 rings (SSSR count). The van der Waals surface area contributed by atoms with E-state index in [4.69, 9.17) is 0 Å². The average molecular weight is 307 g/mol. The molecule has 0 aliphatic carbocycles. The van der Waals surface area contributed by atoms with E-state index in [1.165, 1.54) is 12.1 Å². The van der Waals surface area contributed by atoms with Gasteiger partial charge < -0.3 is 5.11 Å². The van der Waals surface area contributed by atoms with Crippen LogP contribution in [0.5, 0.6) is 5.75 Å². The summed E-state index contributed by atoms with van der Waals surface area (Å²) >= 11 is 0. The van der Waals surface area contributed by atoms with Gasteiger partial charge >= 0.3 is 0 Å². The molecule has 3 aromatic carbocycles. The first-order chi connectivity index (χ1) is 11.1. The highest BCUT2D eigenvalue weighted by Gasteiger charge is 2.10. The summed E-state index contributed by atoms with van der Waals surface area (Å²) in [4.78, 5) is 10.4. The Hall–Kier alpha value is -3.28. The van der Waals surface area contributed by atoms with Crippen molar-refractivity contribution in [1.29, 1.82) is 0 Å². The second kappa shape index (κ2) is 5.84. The van der Waals surface area contributed by atoms with Gasteiger partial charge in [-0.25, -0.2) is 0 Å². The van der Waals surface area contributed by atoms with E-state index in [0.29, 0.717) is 16.9 Å². The lowest BCUT2D eigenvalue weighted by Gasteiger charge is -2.03. The maximum Gasteiger partial charge on any atom is 0.272 e. The average Bonchev–Trinajstić information content (AvgIpc) is 2.53. The van der Waals surface area contributed by atoms with Crippen molar-refractivity contribution in [3.63, 3.8) is 0 Å². The summed E-state index contributed by atoms with van der Waals surface area (Å²) < 4.78 is 0. The van der Waals surface area contributed by atoms with Gasteiger partial charge in [-0.15, -0.1) is 5.11 Å². The maximum absolute atomic E-state index is 10.8. The first kappa shape index (κ1) is 14.6. The summed E-state index contributed by atoms with van der Waals surface area (Å²) in [7, 11) is 0. The number of benzene rings is 3. The lowest BCUT2D eigenvalue weighted by molar-refractivity contribution is -0.385. The zero-order valence-electron chi connectivity index (χ0n) is 12.3. The van der Waals surface area contributed by atoms with E-state index >= 15 is 0 Å². The Morgan fingerprint density at radius 3 is 2.57 bits per heavy atom. The van der Waals surface area contributed by atoms with E-state index in [1.54, 1.807) is 25.1 Å². The molecule has 0 spiro atoms. The van der Waals surface area contributed by atoms with Crippen LogP contribution in [0.15, 0.2) is 64.8 Å². The van der Waals surface area contributed by atoms with Gasteiger partial charge in [0, 0.05) is 17.0 Å². The van der Waals surface area contributed by atoms with E-state index in [1.807, 2.05) is 24.3 Å². The molecule has 0 bridgehead atoms. The van der Waals surface area contributed by atoms with Gasteiger partial charge in [-0.1, -0.05) is 30.3 Å². The molecule has 6 nitrogen and oxygen atoms in total. The minimum Gasteiger partial charge on any atom is -0.506 e. The number of nitro groups is 1. The Balaban J connectivity index is 2.02. The van der Waals surface area contributed by atoms with Crippen molar-refractivity contribution in [2.24, 2.45) is 10.2 Å². The van der Waals surface area contributed by atoms with Gasteiger partial charge in [0.05, 0.1) is 10.6 Å². The van der Waals surface area contributed by atoms with Crippen molar-refractivity contribution >= 4 is 27.8 Å². The van der Waals surface area contributed by atoms with E-state index in [9.17, 15) is 15.2 Å². The molecular weight excluding hydrogens is 294 g/mol. The number of hydrogen-bond acceptors (Lipinski definition) is 5. The number of hydrogen-bond donors (Lipinski definition) is 1. The summed E-state index contributed by atoms with van der Waals surface area (Å²) in [6.45, 7) is 1.65. The van der Waals surface area contributed by atoms with E-state index < -0.39 is 4.92 Å². The summed E-state index contributed by atoms with van der Waals surface area (Å²) in [5.74, 6) is 0.0334. The standard InChI is InChI=1S/C17H13N3O3/c1-11-10-13(7-8-15(11)20(22)23)18-19-17-14-5-3-2-4-12(14)6-9-16(17)21/h2-10,21H,1H3. The normalized spacial score (nSPS) is 11.2. The highest BCUT2D eigenvalue weighted by atomic mass is 16.6. The first-order valence-electron chi connectivity index (χ1n) is 6.94. The number of phenolic OH excluding ortho intramolecular Hbond substituents is 1. The predicted molar refractivity (Wildman–Crippen MR) is 87.6 cm³/mol. The minimum absolute atomic E-state index is 0.0334. The van der Waals surface area contributed by atoms with Gasteiger partial charge in [-0.2, -0.15) is 5.11 Å². The van der Waals surface area contributed by atoms with Crippen molar-refractivity contribution in [2.75, 3.05) is 0 Å². The monoisotopic (exact) mass is 307 g/mol. The third-order valence-electron chi connectivity index (χ3n) is 3.52. The first-order valence-corrected chi connectivity index (χ1v) is 6.94. The van der Waals surface area contributed by atoms with Crippen LogP contribution < -0.4 is 0 Å². The van der Waals surface area contributed by atoms with Crippen molar-refractivity contribution in [2.45, 2.75) is 6.92 Å². The largest absolute Gasteiger partial charge is 0.506 e. The van der Waals surface area contributed by atoms with Crippen molar-refractivity contribution in [1.82, 2.24) is 0 Å². The highest BCUT2D eigenvalue weighted by molar-refractivity contribution is 5.95. The molecule has 1 N–H and O–H groups in total. The van der Waals surface area contributed by atoms with Gasteiger partial charge in [-0.3, -0.25) is 10.1 Å². The SMILES string of the molecule is Cc1cc(N=Nc2c(O)ccc3ccccc23)ccc1[N+](=O)[O-]. The second-order valence-electron chi connectivity index (χ2n) is 5.08. The fourth-order valence-electron chi connectivity index (χ4n) is 2.36. The molecule has 0 radical (unpaired) electrons. The Bertz CT molecular complexity index is 936. The zero-order valence-corrected chi connectivity index (χ0v) is 12.3. The Morgan fingerprint density at radius 1 is 1.04 bits per heavy atom. The topological polar surface area (TPSA) is 88.1 Å². The van der Waals surface area contributed by atoms with E-state index in [0.717, 1.165) is 10.8 Å². The van der Waals surface area contributed by atoms with Gasteiger partial charge in [0.1, 0.15) is 11.4 Å². The number of nitro benzene ring substituents is 1. The van der Waals surface area contributed by atoms with E-state index in [-0.39, 0.29) is 11.4 Å². The smallest absolute Gasteiger partial charge is 0.272 e. The molecule has 0 heterocycles. The Morgan fingerprint density at radius 2 is 1.83 bits per heavy atom. The lowest BCUT2D eigenvalue weighted by Crippen LogP contribution is -1.90. The summed E-state index contributed by atoms with van der Waals surface area (Å²) in [5.41, 5.74) is 1.41. The van der Waals surface area contributed by atoms with Crippen molar-refractivity contribution in [3.05, 3.63) is 70.3 Å². The fraction of sp³-hybridized carbons (Fsp3) is 0.0588. The summed E-state index contributed by atoms with van der Waals surface area (Å²) in [5, 5.41) is 30.8. The number of nitrogens with zero attached hydrogens (tertiary/aromatic N) is 3. The molecule has 0 saturated carbocycles. The number of fused-ring (bicyclic) bond motifs is 1. The highest BCUT2D eigenvalue weighted by Crippen LogP contribution is 2.36. The number of rotatable bonds is 3. The number of aryl methyl sites for hydroxylation is 1. The third kappa shape index (κ3) is 2.87. The van der Waals surface area contributed by atoms with Gasteiger partial charge in [-0.05, 0) is 30.5 Å². The van der Waals surface area contributed by atoms with Crippen LogP contribution in [0.1, 0.15) is 5.56 Å².